The van der Waals surface area contributed by atoms with Gasteiger partial charge in [-0.15, -0.1) is 0 Å². The molecule has 0 saturated heterocycles. The van der Waals surface area contributed by atoms with Gasteiger partial charge in [0.1, 0.15) is 11.5 Å². The first-order valence-corrected chi connectivity index (χ1v) is 9.34. The summed E-state index contributed by atoms with van der Waals surface area (Å²) in [5.41, 5.74) is 0.896. The number of ether oxygens (including phenoxy) is 3. The summed E-state index contributed by atoms with van der Waals surface area (Å²) in [6, 6.07) is 17.8. The van der Waals surface area contributed by atoms with Crippen LogP contribution >= 0.6 is 0 Å². The molecule has 1 amide bonds. The molecule has 0 spiro atoms. The normalized spacial score (nSPS) is 11.6. The lowest BCUT2D eigenvalue weighted by molar-refractivity contribution is -0.123. The van der Waals surface area contributed by atoms with E-state index in [1.54, 1.807) is 37.4 Å². The second-order valence-corrected chi connectivity index (χ2v) is 6.33. The Kier molecular flexibility index (Phi) is 6.34. The summed E-state index contributed by atoms with van der Waals surface area (Å²) in [6.45, 7) is 3.87. The van der Waals surface area contributed by atoms with Crippen molar-refractivity contribution in [3.63, 3.8) is 0 Å². The second-order valence-electron chi connectivity index (χ2n) is 6.33. The van der Waals surface area contributed by atoms with Crippen LogP contribution in [0.4, 0.5) is 5.69 Å². The van der Waals surface area contributed by atoms with E-state index in [4.69, 9.17) is 14.2 Å². The van der Waals surface area contributed by atoms with E-state index in [-0.39, 0.29) is 0 Å². The van der Waals surface area contributed by atoms with Crippen LogP contribution in [0, 0.1) is 0 Å². The molecule has 29 heavy (non-hydrogen) atoms. The predicted octanol–water partition coefficient (Wildman–Crippen LogP) is 4.43. The molecule has 0 aliphatic carbocycles. The number of esters is 1. The molecule has 0 bridgehead atoms. The first-order valence-electron chi connectivity index (χ1n) is 9.34. The molecular weight excluding hydrogens is 370 g/mol. The minimum absolute atomic E-state index is 0.371. The molecule has 3 aromatic carbocycles. The van der Waals surface area contributed by atoms with E-state index in [2.05, 4.69) is 5.32 Å². The Hall–Kier alpha value is -3.54. The van der Waals surface area contributed by atoms with E-state index in [9.17, 15) is 9.59 Å². The molecule has 3 rings (SSSR count). The molecule has 6 nitrogen and oxygen atoms in total. The summed E-state index contributed by atoms with van der Waals surface area (Å²) in [7, 11) is 1.58. The third-order valence-electron chi connectivity index (χ3n) is 4.42. The van der Waals surface area contributed by atoms with Gasteiger partial charge in [-0.2, -0.15) is 0 Å². The van der Waals surface area contributed by atoms with Crippen LogP contribution in [0.5, 0.6) is 11.5 Å². The Morgan fingerprint density at radius 3 is 2.34 bits per heavy atom. The van der Waals surface area contributed by atoms with Crippen LogP contribution in [0.3, 0.4) is 0 Å². The highest BCUT2D eigenvalue weighted by Gasteiger charge is 2.22. The highest BCUT2D eigenvalue weighted by atomic mass is 16.5. The van der Waals surface area contributed by atoms with Crippen molar-refractivity contribution in [1.82, 2.24) is 0 Å². The number of methoxy groups -OCH3 is 1. The average Bonchev–Trinajstić information content (AvgIpc) is 2.74. The number of nitrogens with one attached hydrogen (secondary N) is 1. The van der Waals surface area contributed by atoms with Gasteiger partial charge < -0.3 is 19.5 Å². The van der Waals surface area contributed by atoms with Gasteiger partial charge in [0.15, 0.2) is 6.10 Å². The van der Waals surface area contributed by atoms with Gasteiger partial charge in [-0.3, -0.25) is 4.79 Å². The number of fused-ring (bicyclic) bond motifs is 1. The minimum Gasteiger partial charge on any atom is -0.496 e. The lowest BCUT2D eigenvalue weighted by atomic mass is 10.0. The lowest BCUT2D eigenvalue weighted by Crippen LogP contribution is -2.30. The first kappa shape index (κ1) is 20.2. The zero-order chi connectivity index (χ0) is 20.8. The van der Waals surface area contributed by atoms with Crippen LogP contribution in [-0.2, 0) is 9.53 Å². The molecule has 0 aliphatic rings. The number of hydrogen-bond acceptors (Lipinski definition) is 5. The molecule has 0 aliphatic heterocycles. The van der Waals surface area contributed by atoms with Crippen LogP contribution < -0.4 is 14.8 Å². The number of para-hydroxylation sites is 2. The summed E-state index contributed by atoms with van der Waals surface area (Å²) in [5, 5.41) is 4.24. The smallest absolute Gasteiger partial charge is 0.339 e. The Bertz CT molecular complexity index is 1030. The fourth-order valence-corrected chi connectivity index (χ4v) is 2.99. The molecule has 0 radical (unpaired) electrons. The Morgan fingerprint density at radius 2 is 1.62 bits per heavy atom. The van der Waals surface area contributed by atoms with Gasteiger partial charge in [0.05, 0.1) is 25.0 Å². The van der Waals surface area contributed by atoms with E-state index in [1.807, 2.05) is 37.3 Å². The van der Waals surface area contributed by atoms with Crippen molar-refractivity contribution in [1.29, 1.82) is 0 Å². The highest BCUT2D eigenvalue weighted by Crippen LogP contribution is 2.29. The van der Waals surface area contributed by atoms with Gasteiger partial charge in [0.25, 0.3) is 5.91 Å². The maximum Gasteiger partial charge on any atom is 0.339 e. The topological polar surface area (TPSA) is 73.9 Å². The van der Waals surface area contributed by atoms with Crippen molar-refractivity contribution in [2.24, 2.45) is 0 Å². The van der Waals surface area contributed by atoms with Gasteiger partial charge >= 0.3 is 5.97 Å². The van der Waals surface area contributed by atoms with Crippen LogP contribution in [0.25, 0.3) is 10.8 Å². The van der Waals surface area contributed by atoms with Crippen molar-refractivity contribution in [2.45, 2.75) is 20.0 Å². The van der Waals surface area contributed by atoms with E-state index in [0.717, 1.165) is 5.39 Å². The molecular formula is C23H23NO5. The number of benzene rings is 3. The van der Waals surface area contributed by atoms with Crippen LogP contribution in [0.1, 0.15) is 24.2 Å². The van der Waals surface area contributed by atoms with Crippen molar-refractivity contribution in [2.75, 3.05) is 19.0 Å². The van der Waals surface area contributed by atoms with E-state index in [0.29, 0.717) is 34.7 Å². The first-order chi connectivity index (χ1) is 14.0. The zero-order valence-electron chi connectivity index (χ0n) is 16.6. The molecule has 0 saturated carbocycles. The quantitative estimate of drug-likeness (QED) is 0.601. The Morgan fingerprint density at radius 1 is 0.931 bits per heavy atom. The highest BCUT2D eigenvalue weighted by molar-refractivity contribution is 6.07. The second kappa shape index (κ2) is 9.10. The molecule has 1 atom stereocenters. The van der Waals surface area contributed by atoms with Crippen molar-refractivity contribution >= 4 is 28.3 Å². The van der Waals surface area contributed by atoms with Crippen LogP contribution in [-0.4, -0.2) is 31.7 Å². The summed E-state index contributed by atoms with van der Waals surface area (Å²) in [5.74, 6) is 0.200. The molecule has 0 unspecified atom stereocenters. The summed E-state index contributed by atoms with van der Waals surface area (Å²) in [6.07, 6.45) is -0.988. The number of carbonyl (C=O) groups excluding carboxylic acids is 2. The van der Waals surface area contributed by atoms with Gasteiger partial charge in [0, 0.05) is 5.39 Å². The van der Waals surface area contributed by atoms with Gasteiger partial charge in [-0.05, 0) is 43.5 Å². The van der Waals surface area contributed by atoms with E-state index < -0.39 is 18.0 Å². The fourth-order valence-electron chi connectivity index (χ4n) is 2.99. The molecule has 0 heterocycles. The maximum atomic E-state index is 12.7. The number of anilines is 1. The Balaban J connectivity index is 1.76. The van der Waals surface area contributed by atoms with Crippen molar-refractivity contribution < 1.29 is 23.8 Å². The summed E-state index contributed by atoms with van der Waals surface area (Å²) >= 11 is 0. The predicted molar refractivity (Wildman–Crippen MR) is 112 cm³/mol. The average molecular weight is 393 g/mol. The summed E-state index contributed by atoms with van der Waals surface area (Å²) in [4.78, 5) is 25.3. The number of amides is 1. The monoisotopic (exact) mass is 393 g/mol. The number of hydrogen-bond donors (Lipinski definition) is 1. The van der Waals surface area contributed by atoms with E-state index in [1.165, 1.54) is 6.92 Å². The number of carbonyl (C=O) groups is 2. The maximum absolute atomic E-state index is 12.7. The zero-order valence-corrected chi connectivity index (χ0v) is 16.6. The SMILES string of the molecule is CCOc1ccccc1NC(=O)[C@@H](C)OC(=O)c1ccc(OC)c2ccccc12. The molecule has 0 fully saturated rings. The molecule has 1 N–H and O–H groups in total. The van der Waals surface area contributed by atoms with Gasteiger partial charge in [-0.25, -0.2) is 4.79 Å². The molecule has 150 valence electrons. The summed E-state index contributed by atoms with van der Waals surface area (Å²) < 4.78 is 16.3. The largest absolute Gasteiger partial charge is 0.496 e. The third kappa shape index (κ3) is 4.48. The Labute approximate surface area is 169 Å². The standard InChI is InChI=1S/C23H23NO5/c1-4-28-21-12-8-7-11-19(21)24-22(25)15(2)29-23(26)18-13-14-20(27-3)17-10-6-5-9-16(17)18/h5-15H,4H2,1-3H3,(H,24,25)/t15-/m1/s1. The molecule has 6 heteroatoms. The van der Waals surface area contributed by atoms with Gasteiger partial charge in [-0.1, -0.05) is 36.4 Å². The van der Waals surface area contributed by atoms with Crippen LogP contribution in [0.15, 0.2) is 60.7 Å². The minimum atomic E-state index is -0.988. The van der Waals surface area contributed by atoms with Gasteiger partial charge in [0.2, 0.25) is 0 Å². The van der Waals surface area contributed by atoms with E-state index >= 15 is 0 Å². The lowest BCUT2D eigenvalue weighted by Gasteiger charge is -2.16. The van der Waals surface area contributed by atoms with Crippen molar-refractivity contribution in [3.8, 4) is 11.5 Å². The third-order valence-corrected chi connectivity index (χ3v) is 4.42. The molecule has 0 aromatic heterocycles. The number of rotatable bonds is 7. The van der Waals surface area contributed by atoms with Crippen molar-refractivity contribution in [3.05, 3.63) is 66.2 Å². The fraction of sp³-hybridized carbons (Fsp3) is 0.217. The van der Waals surface area contributed by atoms with Crippen LogP contribution in [0.2, 0.25) is 0 Å². The molecule has 3 aromatic rings.